The summed E-state index contributed by atoms with van der Waals surface area (Å²) in [6.45, 7) is 1.97. The van der Waals surface area contributed by atoms with Gasteiger partial charge in [0.2, 0.25) is 0 Å². The Morgan fingerprint density at radius 1 is 1.46 bits per heavy atom. The highest BCUT2D eigenvalue weighted by Gasteiger charge is 2.09. The van der Waals surface area contributed by atoms with Gasteiger partial charge in [-0.3, -0.25) is 4.79 Å². The van der Waals surface area contributed by atoms with Crippen LogP contribution in [0.5, 0.6) is 0 Å². The van der Waals surface area contributed by atoms with Crippen molar-refractivity contribution >= 4 is 17.5 Å². The summed E-state index contributed by atoms with van der Waals surface area (Å²) >= 11 is 1.50. The van der Waals surface area contributed by atoms with E-state index in [1.807, 2.05) is 6.92 Å². The topological polar surface area (TPSA) is 17.1 Å². The van der Waals surface area contributed by atoms with Gasteiger partial charge in [0.1, 0.15) is 5.82 Å². The first-order valence-corrected chi connectivity index (χ1v) is 5.26. The number of rotatable bonds is 4. The third-order valence-corrected chi connectivity index (χ3v) is 2.49. The van der Waals surface area contributed by atoms with Crippen molar-refractivity contribution in [2.24, 2.45) is 0 Å². The Bertz CT molecular complexity index is 299. The largest absolute Gasteiger partial charge is 0.293 e. The van der Waals surface area contributed by atoms with Crippen molar-refractivity contribution in [3.05, 3.63) is 35.6 Å². The third kappa shape index (κ3) is 2.84. The van der Waals surface area contributed by atoms with Crippen molar-refractivity contribution in [1.82, 2.24) is 0 Å². The van der Waals surface area contributed by atoms with Crippen molar-refractivity contribution in [3.63, 3.8) is 0 Å². The second-order valence-electron chi connectivity index (χ2n) is 2.54. The molecule has 0 aliphatic rings. The molecule has 0 radical (unpaired) electrons. The first kappa shape index (κ1) is 10.3. The highest BCUT2D eigenvalue weighted by Crippen LogP contribution is 2.10. The lowest BCUT2D eigenvalue weighted by Crippen LogP contribution is -2.05. The Hall–Kier alpha value is -0.830. The lowest BCUT2D eigenvalue weighted by Gasteiger charge is -2.00. The van der Waals surface area contributed by atoms with Gasteiger partial charge in [-0.2, -0.15) is 11.8 Å². The molecule has 0 fully saturated rings. The number of hydrogen-bond donors (Lipinski definition) is 0. The lowest BCUT2D eigenvalue weighted by atomic mass is 10.1. The van der Waals surface area contributed by atoms with Crippen LogP contribution in [0.3, 0.4) is 0 Å². The lowest BCUT2D eigenvalue weighted by molar-refractivity contribution is 0.101. The van der Waals surface area contributed by atoms with Crippen LogP contribution in [0, 0.1) is 5.82 Å². The molecule has 0 aromatic heterocycles. The molecular formula is C10H11FOS. The summed E-state index contributed by atoms with van der Waals surface area (Å²) in [6.07, 6.45) is 0. The van der Waals surface area contributed by atoms with E-state index in [-0.39, 0.29) is 11.3 Å². The molecule has 0 N–H and O–H groups in total. The average molecular weight is 198 g/mol. The summed E-state index contributed by atoms with van der Waals surface area (Å²) in [5, 5.41) is 0. The maximum absolute atomic E-state index is 13.0. The van der Waals surface area contributed by atoms with Crippen LogP contribution in [0.4, 0.5) is 4.39 Å². The van der Waals surface area contributed by atoms with Gasteiger partial charge in [0.25, 0.3) is 0 Å². The van der Waals surface area contributed by atoms with E-state index in [0.717, 1.165) is 5.75 Å². The van der Waals surface area contributed by atoms with E-state index in [2.05, 4.69) is 0 Å². The molecule has 1 rings (SSSR count). The Balaban J connectivity index is 2.71. The molecule has 0 aliphatic heterocycles. The molecule has 0 saturated heterocycles. The van der Waals surface area contributed by atoms with Gasteiger partial charge in [0.05, 0.1) is 11.3 Å². The molecule has 0 heterocycles. The van der Waals surface area contributed by atoms with Gasteiger partial charge in [-0.1, -0.05) is 19.1 Å². The summed E-state index contributed by atoms with van der Waals surface area (Å²) in [7, 11) is 0. The van der Waals surface area contributed by atoms with Crippen LogP contribution in [0.2, 0.25) is 0 Å². The first-order valence-electron chi connectivity index (χ1n) is 4.11. The van der Waals surface area contributed by atoms with E-state index >= 15 is 0 Å². The fourth-order valence-electron chi connectivity index (χ4n) is 0.960. The molecule has 0 atom stereocenters. The molecule has 1 aromatic carbocycles. The number of benzene rings is 1. The second kappa shape index (κ2) is 5.02. The summed E-state index contributed by atoms with van der Waals surface area (Å²) in [4.78, 5) is 11.4. The monoisotopic (exact) mass is 198 g/mol. The molecule has 70 valence electrons. The minimum atomic E-state index is -0.427. The van der Waals surface area contributed by atoms with Crippen LogP contribution < -0.4 is 0 Å². The fourth-order valence-corrected chi connectivity index (χ4v) is 1.50. The highest BCUT2D eigenvalue weighted by atomic mass is 32.2. The van der Waals surface area contributed by atoms with Gasteiger partial charge < -0.3 is 0 Å². The molecule has 1 nitrogen and oxygen atoms in total. The molecule has 0 bridgehead atoms. The average Bonchev–Trinajstić information content (AvgIpc) is 2.15. The maximum Gasteiger partial charge on any atom is 0.175 e. The zero-order valence-corrected chi connectivity index (χ0v) is 8.23. The number of carbonyl (C=O) groups is 1. The van der Waals surface area contributed by atoms with Crippen molar-refractivity contribution in [3.8, 4) is 0 Å². The van der Waals surface area contributed by atoms with E-state index < -0.39 is 5.82 Å². The number of halogens is 1. The number of thioether (sulfide) groups is 1. The quantitative estimate of drug-likeness (QED) is 0.692. The minimum absolute atomic E-state index is 0.134. The molecular weight excluding hydrogens is 187 g/mol. The van der Waals surface area contributed by atoms with Crippen LogP contribution in [0.15, 0.2) is 24.3 Å². The van der Waals surface area contributed by atoms with Gasteiger partial charge in [-0.05, 0) is 17.9 Å². The highest BCUT2D eigenvalue weighted by molar-refractivity contribution is 7.99. The van der Waals surface area contributed by atoms with Gasteiger partial charge in [-0.15, -0.1) is 0 Å². The Kier molecular flexibility index (Phi) is 3.96. The van der Waals surface area contributed by atoms with Crippen molar-refractivity contribution in [1.29, 1.82) is 0 Å². The van der Waals surface area contributed by atoms with Gasteiger partial charge >= 0.3 is 0 Å². The van der Waals surface area contributed by atoms with Crippen LogP contribution in [0.1, 0.15) is 17.3 Å². The normalized spacial score (nSPS) is 10.0. The van der Waals surface area contributed by atoms with Crippen LogP contribution in [0.25, 0.3) is 0 Å². The minimum Gasteiger partial charge on any atom is -0.293 e. The molecule has 3 heteroatoms. The third-order valence-electron chi connectivity index (χ3n) is 1.61. The first-order chi connectivity index (χ1) is 6.25. The Labute approximate surface area is 81.3 Å². The van der Waals surface area contributed by atoms with Crippen molar-refractivity contribution < 1.29 is 9.18 Å². The molecule has 0 spiro atoms. The molecule has 0 saturated carbocycles. The van der Waals surface area contributed by atoms with Crippen LogP contribution >= 0.6 is 11.8 Å². The summed E-state index contributed by atoms with van der Waals surface area (Å²) in [5.41, 5.74) is 0.198. The van der Waals surface area contributed by atoms with Gasteiger partial charge in [0.15, 0.2) is 5.78 Å². The second-order valence-corrected chi connectivity index (χ2v) is 3.81. The molecule has 0 amide bonds. The summed E-state index contributed by atoms with van der Waals surface area (Å²) < 4.78 is 13.0. The molecule has 0 aliphatic carbocycles. The Morgan fingerprint density at radius 3 is 2.77 bits per heavy atom. The Morgan fingerprint density at radius 2 is 2.15 bits per heavy atom. The summed E-state index contributed by atoms with van der Waals surface area (Å²) in [5.74, 6) is 0.673. The van der Waals surface area contributed by atoms with Crippen LogP contribution in [-0.4, -0.2) is 17.3 Å². The van der Waals surface area contributed by atoms with Gasteiger partial charge in [-0.25, -0.2) is 4.39 Å². The predicted octanol–water partition coefficient (Wildman–Crippen LogP) is 2.76. The van der Waals surface area contributed by atoms with E-state index in [0.29, 0.717) is 5.75 Å². The van der Waals surface area contributed by atoms with Crippen molar-refractivity contribution in [2.75, 3.05) is 11.5 Å². The van der Waals surface area contributed by atoms with E-state index in [4.69, 9.17) is 0 Å². The summed E-state index contributed by atoms with van der Waals surface area (Å²) in [6, 6.07) is 6.09. The number of hydrogen-bond acceptors (Lipinski definition) is 2. The zero-order chi connectivity index (χ0) is 9.68. The molecule has 1 aromatic rings. The SMILES string of the molecule is CCSCC(=O)c1ccccc1F. The number of Topliss-reactive ketones (excluding diaryl/α,β-unsaturated/α-hetero) is 1. The molecule has 0 unspecified atom stereocenters. The van der Waals surface area contributed by atoms with Gasteiger partial charge in [0, 0.05) is 0 Å². The van der Waals surface area contributed by atoms with E-state index in [1.54, 1.807) is 12.1 Å². The predicted molar refractivity (Wildman–Crippen MR) is 53.7 cm³/mol. The number of ketones is 1. The zero-order valence-electron chi connectivity index (χ0n) is 7.42. The fraction of sp³-hybridized carbons (Fsp3) is 0.300. The maximum atomic E-state index is 13.0. The standard InChI is InChI=1S/C10H11FOS/c1-2-13-7-10(12)8-5-3-4-6-9(8)11/h3-6H,2,7H2,1H3. The van der Waals surface area contributed by atoms with E-state index in [1.165, 1.54) is 23.9 Å². The van der Waals surface area contributed by atoms with Crippen LogP contribution in [-0.2, 0) is 0 Å². The van der Waals surface area contributed by atoms with E-state index in [9.17, 15) is 9.18 Å². The number of carbonyl (C=O) groups excluding carboxylic acids is 1. The molecule has 13 heavy (non-hydrogen) atoms. The van der Waals surface area contributed by atoms with Crippen molar-refractivity contribution in [2.45, 2.75) is 6.92 Å². The smallest absolute Gasteiger partial charge is 0.175 e.